The Morgan fingerprint density at radius 1 is 1.62 bits per heavy atom. The molecule has 0 N–H and O–H groups in total. The maximum atomic E-state index is 11.3. The van der Waals surface area contributed by atoms with Crippen LogP contribution in [-0.2, 0) is 9.53 Å². The number of methoxy groups -OCH3 is 1. The van der Waals surface area contributed by atoms with Crippen molar-refractivity contribution in [2.24, 2.45) is 0 Å². The van der Waals surface area contributed by atoms with Gasteiger partial charge in [-0.2, -0.15) is 0 Å². The van der Waals surface area contributed by atoms with Crippen LogP contribution in [0.4, 0.5) is 0 Å². The highest BCUT2D eigenvalue weighted by Gasteiger charge is 2.22. The molecule has 0 aromatic rings. The summed E-state index contributed by atoms with van der Waals surface area (Å²) < 4.78 is 5.23. The Hall–Kier alpha value is -0.410. The number of hydrogen-bond donors (Lipinski definition) is 0. The van der Waals surface area contributed by atoms with Crippen LogP contribution in [0.25, 0.3) is 0 Å². The van der Waals surface area contributed by atoms with Gasteiger partial charge in [0.25, 0.3) is 0 Å². The van der Waals surface area contributed by atoms with Crippen LogP contribution >= 0.6 is 0 Å². The van der Waals surface area contributed by atoms with E-state index < -0.39 is 0 Å². The molecule has 1 rings (SSSR count). The van der Waals surface area contributed by atoms with Gasteiger partial charge in [-0.15, -0.1) is 0 Å². The van der Waals surface area contributed by atoms with Gasteiger partial charge in [0, 0.05) is 26.6 Å². The Kier molecular flexibility index (Phi) is 4.39. The summed E-state index contributed by atoms with van der Waals surface area (Å²) >= 11 is 0. The van der Waals surface area contributed by atoms with Gasteiger partial charge < -0.3 is 4.74 Å². The molecule has 0 radical (unpaired) electrons. The molecule has 0 amide bonds. The van der Waals surface area contributed by atoms with Crippen molar-refractivity contribution in [1.29, 1.82) is 0 Å². The first-order valence-corrected chi connectivity index (χ1v) is 5.03. The van der Waals surface area contributed by atoms with Crippen LogP contribution in [0.15, 0.2) is 0 Å². The molecule has 3 heteroatoms. The first-order chi connectivity index (χ1) is 6.26. The highest BCUT2D eigenvalue weighted by atomic mass is 16.5. The van der Waals surface area contributed by atoms with Gasteiger partial charge in [0.2, 0.25) is 0 Å². The maximum Gasteiger partial charge on any atom is 0.146 e. The van der Waals surface area contributed by atoms with E-state index in [0.29, 0.717) is 24.9 Å². The topological polar surface area (TPSA) is 29.5 Å². The van der Waals surface area contributed by atoms with E-state index in [-0.39, 0.29) is 0 Å². The van der Waals surface area contributed by atoms with Crippen LogP contribution in [0.1, 0.15) is 26.2 Å². The van der Waals surface area contributed by atoms with Crippen molar-refractivity contribution < 1.29 is 9.53 Å². The molecule has 0 spiro atoms. The number of ether oxygens (including phenoxy) is 1. The third kappa shape index (κ3) is 3.44. The average Bonchev–Trinajstić information content (AvgIpc) is 2.52. The number of carbonyl (C=O) groups is 1. The summed E-state index contributed by atoms with van der Waals surface area (Å²) in [6.07, 6.45) is 3.08. The number of ketones is 1. The monoisotopic (exact) mass is 185 g/mol. The standard InChI is InChI=1S/C10H19NO2/c1-3-4-9(12)7-11-6-5-10(8-11)13-2/h10H,3-8H2,1-2H3. The minimum atomic E-state index is 0.342. The summed E-state index contributed by atoms with van der Waals surface area (Å²) in [6.45, 7) is 4.59. The number of rotatable bonds is 5. The summed E-state index contributed by atoms with van der Waals surface area (Å²) in [4.78, 5) is 13.5. The molecule has 1 aliphatic rings. The van der Waals surface area contributed by atoms with Gasteiger partial charge in [-0.3, -0.25) is 9.69 Å². The van der Waals surface area contributed by atoms with E-state index in [1.54, 1.807) is 7.11 Å². The minimum Gasteiger partial charge on any atom is -0.380 e. The molecule has 13 heavy (non-hydrogen) atoms. The third-order valence-corrected chi connectivity index (χ3v) is 2.49. The van der Waals surface area contributed by atoms with Gasteiger partial charge in [-0.25, -0.2) is 0 Å². The Morgan fingerprint density at radius 2 is 2.38 bits per heavy atom. The first kappa shape index (κ1) is 10.7. The molecule has 3 nitrogen and oxygen atoms in total. The van der Waals surface area contributed by atoms with E-state index in [9.17, 15) is 4.79 Å². The van der Waals surface area contributed by atoms with Crippen molar-refractivity contribution in [2.45, 2.75) is 32.3 Å². The normalized spacial score (nSPS) is 23.7. The second kappa shape index (κ2) is 5.35. The number of carbonyl (C=O) groups excluding carboxylic acids is 1. The first-order valence-electron chi connectivity index (χ1n) is 5.03. The molecule has 76 valence electrons. The quantitative estimate of drug-likeness (QED) is 0.642. The predicted molar refractivity (Wildman–Crippen MR) is 51.8 cm³/mol. The molecule has 1 aliphatic heterocycles. The van der Waals surface area contributed by atoms with E-state index in [0.717, 1.165) is 25.9 Å². The third-order valence-electron chi connectivity index (χ3n) is 2.49. The Bertz CT molecular complexity index is 170. The second-order valence-corrected chi connectivity index (χ2v) is 3.67. The molecule has 1 atom stereocenters. The van der Waals surface area contributed by atoms with Crippen molar-refractivity contribution in [2.75, 3.05) is 26.7 Å². The summed E-state index contributed by atoms with van der Waals surface area (Å²) in [5.74, 6) is 0.360. The summed E-state index contributed by atoms with van der Waals surface area (Å²) in [5, 5.41) is 0. The lowest BCUT2D eigenvalue weighted by Gasteiger charge is -2.13. The van der Waals surface area contributed by atoms with Crippen LogP contribution in [0, 0.1) is 0 Å². The van der Waals surface area contributed by atoms with Crippen LogP contribution < -0.4 is 0 Å². The highest BCUT2D eigenvalue weighted by molar-refractivity contribution is 5.80. The lowest BCUT2D eigenvalue weighted by atomic mass is 10.2. The van der Waals surface area contributed by atoms with E-state index in [2.05, 4.69) is 4.90 Å². The van der Waals surface area contributed by atoms with Crippen LogP contribution in [0.5, 0.6) is 0 Å². The number of hydrogen-bond acceptors (Lipinski definition) is 3. The smallest absolute Gasteiger partial charge is 0.146 e. The molecular weight excluding hydrogens is 166 g/mol. The molecule has 1 heterocycles. The number of Topliss-reactive ketones (excluding diaryl/α,β-unsaturated/α-hetero) is 1. The summed E-state index contributed by atoms with van der Waals surface area (Å²) in [6, 6.07) is 0. The van der Waals surface area contributed by atoms with Crippen LogP contribution in [0.3, 0.4) is 0 Å². The predicted octanol–water partition coefficient (Wildman–Crippen LogP) is 1.08. The Balaban J connectivity index is 2.19. The molecule has 0 aromatic heterocycles. The van der Waals surface area contributed by atoms with E-state index in [1.165, 1.54) is 0 Å². The van der Waals surface area contributed by atoms with Gasteiger partial charge in [0.15, 0.2) is 0 Å². The Morgan fingerprint density at radius 3 is 2.92 bits per heavy atom. The molecule has 1 saturated heterocycles. The number of likely N-dealkylation sites (tertiary alicyclic amines) is 1. The van der Waals surface area contributed by atoms with Gasteiger partial charge in [-0.1, -0.05) is 6.92 Å². The van der Waals surface area contributed by atoms with Gasteiger partial charge in [0.05, 0.1) is 12.6 Å². The summed E-state index contributed by atoms with van der Waals surface area (Å²) in [7, 11) is 1.74. The zero-order valence-corrected chi connectivity index (χ0v) is 8.58. The lowest BCUT2D eigenvalue weighted by molar-refractivity contribution is -0.120. The molecular formula is C10H19NO2. The molecule has 0 saturated carbocycles. The lowest BCUT2D eigenvalue weighted by Crippen LogP contribution is -2.28. The van der Waals surface area contributed by atoms with Crippen molar-refractivity contribution in [3.8, 4) is 0 Å². The fourth-order valence-electron chi connectivity index (χ4n) is 1.74. The van der Waals surface area contributed by atoms with Gasteiger partial charge >= 0.3 is 0 Å². The Labute approximate surface area is 80.1 Å². The van der Waals surface area contributed by atoms with Crippen LogP contribution in [0.2, 0.25) is 0 Å². The molecule has 0 aromatic carbocycles. The zero-order valence-electron chi connectivity index (χ0n) is 8.58. The van der Waals surface area contributed by atoms with E-state index in [1.807, 2.05) is 6.92 Å². The summed E-state index contributed by atoms with van der Waals surface area (Å²) in [5.41, 5.74) is 0. The molecule has 1 unspecified atom stereocenters. The minimum absolute atomic E-state index is 0.342. The average molecular weight is 185 g/mol. The van der Waals surface area contributed by atoms with Gasteiger partial charge in [0.1, 0.15) is 5.78 Å². The largest absolute Gasteiger partial charge is 0.380 e. The van der Waals surface area contributed by atoms with Crippen molar-refractivity contribution in [3.63, 3.8) is 0 Å². The van der Waals surface area contributed by atoms with Crippen molar-refractivity contribution >= 4 is 5.78 Å². The fourth-order valence-corrected chi connectivity index (χ4v) is 1.74. The highest BCUT2D eigenvalue weighted by Crippen LogP contribution is 2.11. The second-order valence-electron chi connectivity index (χ2n) is 3.67. The fraction of sp³-hybridized carbons (Fsp3) is 0.900. The maximum absolute atomic E-state index is 11.3. The van der Waals surface area contributed by atoms with E-state index >= 15 is 0 Å². The SMILES string of the molecule is CCCC(=O)CN1CCC(OC)C1. The van der Waals surface area contributed by atoms with Crippen molar-refractivity contribution in [3.05, 3.63) is 0 Å². The number of nitrogens with zero attached hydrogens (tertiary/aromatic N) is 1. The van der Waals surface area contributed by atoms with Crippen LogP contribution in [-0.4, -0.2) is 43.5 Å². The molecule has 0 aliphatic carbocycles. The van der Waals surface area contributed by atoms with Gasteiger partial charge in [-0.05, 0) is 12.8 Å². The van der Waals surface area contributed by atoms with Crippen molar-refractivity contribution in [1.82, 2.24) is 4.90 Å². The van der Waals surface area contributed by atoms with E-state index in [4.69, 9.17) is 4.74 Å². The molecule has 1 fully saturated rings. The zero-order chi connectivity index (χ0) is 9.68. The molecule has 0 bridgehead atoms.